The van der Waals surface area contributed by atoms with Gasteiger partial charge in [0.15, 0.2) is 4.96 Å². The Balaban J connectivity index is 1.67. The normalized spacial score (nSPS) is 23.0. The van der Waals surface area contributed by atoms with E-state index in [9.17, 15) is 5.11 Å². The highest BCUT2D eigenvalue weighted by molar-refractivity contribution is 7.15. The van der Waals surface area contributed by atoms with E-state index < -0.39 is 6.10 Å². The predicted molar refractivity (Wildman–Crippen MR) is 63.3 cm³/mol. The smallest absolute Gasteiger partial charge is 0.193 e. The van der Waals surface area contributed by atoms with E-state index in [0.29, 0.717) is 26.2 Å². The largest absolute Gasteiger partial charge is 0.390 e. The number of hydrogen-bond acceptors (Lipinski definition) is 5. The van der Waals surface area contributed by atoms with Crippen molar-refractivity contribution in [1.29, 1.82) is 0 Å². The van der Waals surface area contributed by atoms with E-state index in [-0.39, 0.29) is 6.10 Å². The van der Waals surface area contributed by atoms with Crippen LogP contribution in [-0.2, 0) is 15.9 Å². The van der Waals surface area contributed by atoms with E-state index >= 15 is 0 Å². The third-order valence-corrected chi connectivity index (χ3v) is 3.60. The van der Waals surface area contributed by atoms with Crippen molar-refractivity contribution in [2.24, 2.45) is 0 Å². The van der Waals surface area contributed by atoms with Crippen molar-refractivity contribution in [3.05, 3.63) is 23.5 Å². The van der Waals surface area contributed by atoms with Crippen LogP contribution in [0.3, 0.4) is 0 Å². The fourth-order valence-electron chi connectivity index (χ4n) is 1.95. The molecule has 0 aliphatic carbocycles. The van der Waals surface area contributed by atoms with Gasteiger partial charge < -0.3 is 14.6 Å². The summed E-state index contributed by atoms with van der Waals surface area (Å²) in [5.74, 6) is 0. The summed E-state index contributed by atoms with van der Waals surface area (Å²) in [6.07, 6.45) is 3.62. The zero-order valence-electron chi connectivity index (χ0n) is 9.28. The van der Waals surface area contributed by atoms with E-state index in [0.717, 1.165) is 10.7 Å². The summed E-state index contributed by atoms with van der Waals surface area (Å²) in [5, 5.41) is 12.0. The van der Waals surface area contributed by atoms with E-state index in [4.69, 9.17) is 9.47 Å². The van der Waals surface area contributed by atoms with Gasteiger partial charge in [0, 0.05) is 24.2 Å². The Labute approximate surface area is 103 Å². The Hall–Kier alpha value is -0.950. The fourth-order valence-corrected chi connectivity index (χ4v) is 2.67. The third kappa shape index (κ3) is 2.35. The first-order chi connectivity index (χ1) is 8.33. The maximum absolute atomic E-state index is 10.0. The molecule has 3 heterocycles. The van der Waals surface area contributed by atoms with Crippen LogP contribution in [0.25, 0.3) is 4.96 Å². The van der Waals surface area contributed by atoms with Crippen LogP contribution in [0.1, 0.15) is 5.69 Å². The zero-order chi connectivity index (χ0) is 11.7. The molecule has 2 aromatic heterocycles. The van der Waals surface area contributed by atoms with Crippen molar-refractivity contribution in [2.75, 3.05) is 19.8 Å². The molecule has 0 amide bonds. The number of ether oxygens (including phenoxy) is 2. The number of aliphatic hydroxyl groups is 1. The monoisotopic (exact) mass is 254 g/mol. The van der Waals surface area contributed by atoms with Gasteiger partial charge >= 0.3 is 0 Å². The van der Waals surface area contributed by atoms with Crippen molar-refractivity contribution in [1.82, 2.24) is 9.38 Å². The van der Waals surface area contributed by atoms with Gasteiger partial charge in [-0.15, -0.1) is 11.3 Å². The standard InChI is InChI=1S/C11H14N2O3S/c14-9(10-7-15-2-3-16-10)5-8-6-13-1-4-17-11(13)12-8/h1,4,6,9-10,14H,2-3,5,7H2. The lowest BCUT2D eigenvalue weighted by atomic mass is 10.1. The Kier molecular flexibility index (Phi) is 3.11. The molecule has 2 atom stereocenters. The number of thiazole rings is 1. The van der Waals surface area contributed by atoms with E-state index in [1.54, 1.807) is 11.3 Å². The second-order valence-corrected chi connectivity index (χ2v) is 4.95. The van der Waals surface area contributed by atoms with E-state index in [1.165, 1.54) is 0 Å². The number of nitrogens with zero attached hydrogens (tertiary/aromatic N) is 2. The summed E-state index contributed by atoms with van der Waals surface area (Å²) in [5.41, 5.74) is 0.888. The second-order valence-electron chi connectivity index (χ2n) is 4.08. The third-order valence-electron chi connectivity index (χ3n) is 2.83. The molecule has 0 spiro atoms. The molecule has 1 N–H and O–H groups in total. The average Bonchev–Trinajstić information content (AvgIpc) is 2.90. The van der Waals surface area contributed by atoms with E-state index in [2.05, 4.69) is 4.98 Å². The van der Waals surface area contributed by atoms with Gasteiger partial charge in [0.1, 0.15) is 6.10 Å². The molecule has 1 aliphatic heterocycles. The van der Waals surface area contributed by atoms with E-state index in [1.807, 2.05) is 22.2 Å². The second kappa shape index (κ2) is 4.73. The Bertz CT molecular complexity index is 461. The van der Waals surface area contributed by atoms with Crippen LogP contribution in [-0.4, -0.2) is 46.5 Å². The van der Waals surface area contributed by atoms with Crippen molar-refractivity contribution in [3.63, 3.8) is 0 Å². The molecule has 1 saturated heterocycles. The van der Waals surface area contributed by atoms with Crippen LogP contribution in [0.5, 0.6) is 0 Å². The van der Waals surface area contributed by atoms with Gasteiger partial charge in [-0.25, -0.2) is 4.98 Å². The lowest BCUT2D eigenvalue weighted by molar-refractivity contribution is -0.131. The van der Waals surface area contributed by atoms with Gasteiger partial charge in [0.25, 0.3) is 0 Å². The van der Waals surface area contributed by atoms with Gasteiger partial charge in [-0.1, -0.05) is 0 Å². The van der Waals surface area contributed by atoms with Gasteiger partial charge in [0.05, 0.1) is 31.6 Å². The number of imidazole rings is 1. The topological polar surface area (TPSA) is 56.0 Å². The molecule has 0 radical (unpaired) electrons. The predicted octanol–water partition coefficient (Wildman–Crippen LogP) is 0.715. The zero-order valence-corrected chi connectivity index (χ0v) is 10.1. The van der Waals surface area contributed by atoms with Crippen LogP contribution in [0.2, 0.25) is 0 Å². The Morgan fingerprint density at radius 1 is 1.59 bits per heavy atom. The molecule has 17 heavy (non-hydrogen) atoms. The van der Waals surface area contributed by atoms with Gasteiger partial charge in [0.2, 0.25) is 0 Å². The van der Waals surface area contributed by atoms with Crippen LogP contribution in [0, 0.1) is 0 Å². The maximum Gasteiger partial charge on any atom is 0.193 e. The first kappa shape index (κ1) is 11.2. The summed E-state index contributed by atoms with van der Waals surface area (Å²) in [4.78, 5) is 5.38. The summed E-state index contributed by atoms with van der Waals surface area (Å²) in [7, 11) is 0. The average molecular weight is 254 g/mol. The minimum absolute atomic E-state index is 0.233. The molecule has 3 rings (SSSR count). The molecule has 6 heteroatoms. The molecule has 92 valence electrons. The Morgan fingerprint density at radius 3 is 3.29 bits per heavy atom. The number of aliphatic hydroxyl groups excluding tert-OH is 1. The molecule has 0 bridgehead atoms. The molecule has 2 aromatic rings. The number of hydrogen-bond donors (Lipinski definition) is 1. The quantitative estimate of drug-likeness (QED) is 0.876. The molecule has 2 unspecified atom stereocenters. The van der Waals surface area contributed by atoms with Crippen molar-refractivity contribution in [2.45, 2.75) is 18.6 Å². The molecular weight excluding hydrogens is 240 g/mol. The summed E-state index contributed by atoms with van der Waals surface area (Å²) in [6, 6.07) is 0. The summed E-state index contributed by atoms with van der Waals surface area (Å²) in [6.45, 7) is 1.63. The van der Waals surface area contributed by atoms with Crippen molar-refractivity contribution in [3.8, 4) is 0 Å². The number of aromatic nitrogens is 2. The molecule has 0 aromatic carbocycles. The first-order valence-electron chi connectivity index (χ1n) is 5.61. The lowest BCUT2D eigenvalue weighted by Crippen LogP contribution is -2.39. The Morgan fingerprint density at radius 2 is 2.53 bits per heavy atom. The van der Waals surface area contributed by atoms with Crippen molar-refractivity contribution >= 4 is 16.3 Å². The molecule has 0 saturated carbocycles. The minimum atomic E-state index is -0.556. The molecule has 5 nitrogen and oxygen atoms in total. The summed E-state index contributed by atoms with van der Waals surface area (Å²) < 4.78 is 12.7. The van der Waals surface area contributed by atoms with Gasteiger partial charge in [-0.05, 0) is 0 Å². The van der Waals surface area contributed by atoms with Crippen LogP contribution >= 0.6 is 11.3 Å². The highest BCUT2D eigenvalue weighted by Gasteiger charge is 2.24. The SMILES string of the molecule is OC(Cc1cn2ccsc2n1)C1COCCO1. The van der Waals surface area contributed by atoms with Gasteiger partial charge in [-0.3, -0.25) is 4.40 Å². The van der Waals surface area contributed by atoms with Crippen molar-refractivity contribution < 1.29 is 14.6 Å². The molecular formula is C11H14N2O3S. The van der Waals surface area contributed by atoms with Gasteiger partial charge in [-0.2, -0.15) is 0 Å². The maximum atomic E-state index is 10.0. The first-order valence-corrected chi connectivity index (χ1v) is 6.49. The molecule has 1 fully saturated rings. The fraction of sp³-hybridized carbons (Fsp3) is 0.545. The highest BCUT2D eigenvalue weighted by Crippen LogP contribution is 2.15. The minimum Gasteiger partial charge on any atom is -0.390 e. The number of fused-ring (bicyclic) bond motifs is 1. The van der Waals surface area contributed by atoms with Crippen LogP contribution in [0.15, 0.2) is 17.8 Å². The van der Waals surface area contributed by atoms with Crippen LogP contribution in [0.4, 0.5) is 0 Å². The lowest BCUT2D eigenvalue weighted by Gasteiger charge is -2.26. The number of rotatable bonds is 3. The highest BCUT2D eigenvalue weighted by atomic mass is 32.1. The summed E-state index contributed by atoms with van der Waals surface area (Å²) >= 11 is 1.59. The van der Waals surface area contributed by atoms with Crippen LogP contribution < -0.4 is 0 Å². The molecule has 1 aliphatic rings.